The number of aromatic hydroxyl groups is 1. The van der Waals surface area contributed by atoms with Gasteiger partial charge in [0.15, 0.2) is 5.88 Å². The van der Waals surface area contributed by atoms with Crippen molar-refractivity contribution in [3.05, 3.63) is 90.0 Å². The monoisotopic (exact) mass is 370 g/mol. The summed E-state index contributed by atoms with van der Waals surface area (Å²) >= 11 is 0. The van der Waals surface area contributed by atoms with Crippen LogP contribution in [-0.4, -0.2) is 15.8 Å². The second-order valence-corrected chi connectivity index (χ2v) is 6.88. The number of aryl methyl sites for hydroxylation is 1. The van der Waals surface area contributed by atoms with Gasteiger partial charge in [-0.25, -0.2) is 0 Å². The van der Waals surface area contributed by atoms with Gasteiger partial charge >= 0.3 is 0 Å². The average Bonchev–Trinajstić information content (AvgIpc) is 3.03. The summed E-state index contributed by atoms with van der Waals surface area (Å²) in [6.45, 7) is 7.97. The van der Waals surface area contributed by atoms with Crippen molar-refractivity contribution in [1.29, 1.82) is 0 Å². The Hall–Kier alpha value is -3.59. The number of aromatic nitrogens is 1. The van der Waals surface area contributed by atoms with Gasteiger partial charge in [0.2, 0.25) is 0 Å². The average molecular weight is 370 g/mol. The molecule has 3 heteroatoms. The molecular formula is C25H26N2O. The Morgan fingerprint density at radius 1 is 1.07 bits per heavy atom. The predicted octanol–water partition coefficient (Wildman–Crippen LogP) is 7.12. The van der Waals surface area contributed by atoms with Crippen molar-refractivity contribution in [2.24, 2.45) is 4.99 Å². The van der Waals surface area contributed by atoms with Crippen LogP contribution in [0.5, 0.6) is 5.88 Å². The minimum absolute atomic E-state index is 0. The molecule has 3 nitrogen and oxygen atoms in total. The van der Waals surface area contributed by atoms with Gasteiger partial charge in [0.1, 0.15) is 0 Å². The van der Waals surface area contributed by atoms with E-state index in [9.17, 15) is 5.11 Å². The van der Waals surface area contributed by atoms with Gasteiger partial charge in [-0.05, 0) is 60.4 Å². The molecule has 142 valence electrons. The molecule has 0 saturated carbocycles. The fraction of sp³-hybridized carbons (Fsp3) is 0.0800. The highest BCUT2D eigenvalue weighted by atomic mass is 16.3. The SMILES string of the molecule is C=Cc1cccc(C)c1-c1ccc2[nH]c(O)c(C(C)=Nc3ccccc3)c2c1.[HH].[HH]. The summed E-state index contributed by atoms with van der Waals surface area (Å²) in [6, 6.07) is 22.2. The molecule has 0 unspecified atom stereocenters. The van der Waals surface area contributed by atoms with Crippen LogP contribution in [0, 0.1) is 6.92 Å². The van der Waals surface area contributed by atoms with Crippen LogP contribution in [0.25, 0.3) is 28.1 Å². The Morgan fingerprint density at radius 2 is 1.86 bits per heavy atom. The third kappa shape index (κ3) is 3.12. The summed E-state index contributed by atoms with van der Waals surface area (Å²) in [6.07, 6.45) is 1.88. The largest absolute Gasteiger partial charge is 0.494 e. The molecule has 3 aromatic carbocycles. The molecule has 0 aliphatic heterocycles. The fourth-order valence-electron chi connectivity index (χ4n) is 3.71. The van der Waals surface area contributed by atoms with Gasteiger partial charge in [0.25, 0.3) is 0 Å². The summed E-state index contributed by atoms with van der Waals surface area (Å²) in [4.78, 5) is 7.76. The molecule has 0 saturated heterocycles. The normalized spacial score (nSPS) is 11.7. The summed E-state index contributed by atoms with van der Waals surface area (Å²) in [5.74, 6) is 0.137. The fourth-order valence-corrected chi connectivity index (χ4v) is 3.71. The standard InChI is InChI=1S/C25H22N2O.2H2/c1-4-18-10-8-9-16(2)23(18)19-13-14-22-21(15-19)24(25(28)27-22)17(3)26-20-11-6-5-7-12-20;;/h4-15,27-28H,1H2,2-3H3;2*1H. The van der Waals surface area contributed by atoms with Crippen LogP contribution in [0.4, 0.5) is 5.69 Å². The molecule has 28 heavy (non-hydrogen) atoms. The van der Waals surface area contributed by atoms with E-state index < -0.39 is 0 Å². The summed E-state index contributed by atoms with van der Waals surface area (Å²) in [5.41, 5.74) is 7.76. The highest BCUT2D eigenvalue weighted by Gasteiger charge is 2.16. The lowest BCUT2D eigenvalue weighted by Gasteiger charge is -2.11. The summed E-state index contributed by atoms with van der Waals surface area (Å²) < 4.78 is 0. The smallest absolute Gasteiger partial charge is 0.198 e. The van der Waals surface area contributed by atoms with Gasteiger partial charge in [-0.1, -0.05) is 55.1 Å². The van der Waals surface area contributed by atoms with Crippen molar-refractivity contribution in [2.45, 2.75) is 13.8 Å². The molecule has 4 aromatic rings. The first-order chi connectivity index (χ1) is 13.6. The lowest BCUT2D eigenvalue weighted by molar-refractivity contribution is 0.457. The number of fused-ring (bicyclic) bond motifs is 1. The molecule has 0 spiro atoms. The van der Waals surface area contributed by atoms with Crippen molar-refractivity contribution in [3.63, 3.8) is 0 Å². The van der Waals surface area contributed by atoms with Gasteiger partial charge in [0, 0.05) is 13.8 Å². The van der Waals surface area contributed by atoms with Crippen LogP contribution in [0.3, 0.4) is 0 Å². The van der Waals surface area contributed by atoms with Gasteiger partial charge in [0.05, 0.1) is 17.0 Å². The van der Waals surface area contributed by atoms with Gasteiger partial charge in [-0.15, -0.1) is 0 Å². The second-order valence-electron chi connectivity index (χ2n) is 6.88. The lowest BCUT2D eigenvalue weighted by Crippen LogP contribution is -1.94. The third-order valence-corrected chi connectivity index (χ3v) is 5.01. The molecule has 0 aliphatic carbocycles. The van der Waals surface area contributed by atoms with Crippen LogP contribution >= 0.6 is 0 Å². The molecule has 0 aliphatic rings. The Bertz CT molecular complexity index is 1210. The molecule has 1 aromatic heterocycles. The van der Waals surface area contributed by atoms with Crippen LogP contribution in [0.15, 0.2) is 78.3 Å². The van der Waals surface area contributed by atoms with E-state index in [1.54, 1.807) is 0 Å². The molecule has 0 bridgehead atoms. The quantitative estimate of drug-likeness (QED) is 0.369. The molecule has 0 fully saturated rings. The van der Waals surface area contributed by atoms with Crippen molar-refractivity contribution in [2.75, 3.05) is 0 Å². The van der Waals surface area contributed by atoms with Gasteiger partial charge in [-0.2, -0.15) is 0 Å². The second kappa shape index (κ2) is 7.20. The summed E-state index contributed by atoms with van der Waals surface area (Å²) in [7, 11) is 0. The first-order valence-electron chi connectivity index (χ1n) is 9.26. The van der Waals surface area contributed by atoms with Crippen LogP contribution in [0.1, 0.15) is 26.5 Å². The minimum Gasteiger partial charge on any atom is -0.494 e. The molecule has 4 rings (SSSR count). The van der Waals surface area contributed by atoms with Crippen molar-refractivity contribution in [3.8, 4) is 17.0 Å². The van der Waals surface area contributed by atoms with Crippen molar-refractivity contribution >= 4 is 28.4 Å². The zero-order chi connectivity index (χ0) is 19.7. The number of aliphatic imine (C=N–C) groups is 1. The van der Waals surface area contributed by atoms with E-state index in [4.69, 9.17) is 0 Å². The van der Waals surface area contributed by atoms with E-state index in [0.717, 1.165) is 44.6 Å². The number of H-pyrrole nitrogens is 1. The van der Waals surface area contributed by atoms with E-state index >= 15 is 0 Å². The predicted molar refractivity (Wildman–Crippen MR) is 123 cm³/mol. The maximum absolute atomic E-state index is 10.5. The zero-order valence-corrected chi connectivity index (χ0v) is 16.0. The lowest BCUT2D eigenvalue weighted by atomic mass is 9.93. The number of rotatable bonds is 4. The van der Waals surface area contributed by atoms with E-state index in [1.165, 1.54) is 5.56 Å². The van der Waals surface area contributed by atoms with Crippen LogP contribution < -0.4 is 0 Å². The van der Waals surface area contributed by atoms with E-state index in [0.29, 0.717) is 0 Å². The number of nitrogens with one attached hydrogen (secondary N) is 1. The molecule has 0 amide bonds. The van der Waals surface area contributed by atoms with E-state index in [1.807, 2.05) is 55.5 Å². The number of benzene rings is 3. The van der Waals surface area contributed by atoms with E-state index in [-0.39, 0.29) is 8.73 Å². The van der Waals surface area contributed by atoms with Crippen LogP contribution in [-0.2, 0) is 0 Å². The maximum Gasteiger partial charge on any atom is 0.198 e. The highest BCUT2D eigenvalue weighted by molar-refractivity contribution is 6.13. The molecular weight excluding hydrogens is 344 g/mol. The Balaban J connectivity index is 0.00000160. The molecule has 0 atom stereocenters. The molecule has 0 radical (unpaired) electrons. The highest BCUT2D eigenvalue weighted by Crippen LogP contribution is 2.35. The minimum atomic E-state index is 0. The number of hydrogen-bond acceptors (Lipinski definition) is 2. The summed E-state index contributed by atoms with van der Waals surface area (Å²) in [5, 5.41) is 11.5. The van der Waals surface area contributed by atoms with Gasteiger partial charge < -0.3 is 10.1 Å². The third-order valence-electron chi connectivity index (χ3n) is 5.01. The first kappa shape index (κ1) is 17.8. The zero-order valence-electron chi connectivity index (χ0n) is 16.0. The number of hydrogen-bond donors (Lipinski definition) is 2. The maximum atomic E-state index is 10.5. The first-order valence-corrected chi connectivity index (χ1v) is 9.26. The van der Waals surface area contributed by atoms with Crippen molar-refractivity contribution < 1.29 is 7.96 Å². The topological polar surface area (TPSA) is 48.4 Å². The van der Waals surface area contributed by atoms with E-state index in [2.05, 4.69) is 47.7 Å². The number of nitrogens with zero attached hydrogens (tertiary/aromatic N) is 1. The van der Waals surface area contributed by atoms with Crippen LogP contribution in [0.2, 0.25) is 0 Å². The molecule has 1 heterocycles. The Morgan fingerprint density at radius 3 is 2.61 bits per heavy atom. The Kier molecular flexibility index (Phi) is 4.58. The molecule has 2 N–H and O–H groups in total. The van der Waals surface area contributed by atoms with Gasteiger partial charge in [-0.3, -0.25) is 4.99 Å². The van der Waals surface area contributed by atoms with Crippen molar-refractivity contribution in [1.82, 2.24) is 4.98 Å². The number of aromatic amines is 1. The Labute approximate surface area is 167 Å². The number of para-hydroxylation sites is 1.